The molecule has 13 heavy (non-hydrogen) atoms. The van der Waals surface area contributed by atoms with Gasteiger partial charge in [0, 0.05) is 0 Å². The van der Waals surface area contributed by atoms with Crippen molar-refractivity contribution in [1.82, 2.24) is 0 Å². The highest BCUT2D eigenvalue weighted by atomic mass is 14.8. The number of rotatable bonds is 0. The van der Waals surface area contributed by atoms with Gasteiger partial charge in [0.25, 0.3) is 0 Å². The minimum atomic E-state index is 0.819. The Morgan fingerprint density at radius 1 is 0.846 bits per heavy atom. The maximum Gasteiger partial charge on any atom is -0.00977 e. The first-order chi connectivity index (χ1) is 6.45. The minimum absolute atomic E-state index is 0.819. The first-order valence-electron chi connectivity index (χ1n) is 5.79. The topological polar surface area (TPSA) is 0 Å². The molecule has 0 bridgehead atoms. The van der Waals surface area contributed by atoms with Crippen molar-refractivity contribution in [3.05, 3.63) is 24.3 Å². The fraction of sp³-hybridized carbons (Fsp3) is 0.692. The van der Waals surface area contributed by atoms with E-state index in [0.717, 1.165) is 29.1 Å². The van der Waals surface area contributed by atoms with Crippen LogP contribution in [0.5, 0.6) is 0 Å². The molecular weight excluding hydrogens is 156 g/mol. The van der Waals surface area contributed by atoms with Gasteiger partial charge < -0.3 is 0 Å². The second-order valence-electron chi connectivity index (χ2n) is 5.28. The number of allylic oxidation sites excluding steroid dienone is 4. The van der Waals surface area contributed by atoms with E-state index >= 15 is 0 Å². The van der Waals surface area contributed by atoms with E-state index in [1.165, 1.54) is 25.7 Å². The van der Waals surface area contributed by atoms with Gasteiger partial charge in [-0.3, -0.25) is 0 Å². The molecule has 2 saturated carbocycles. The van der Waals surface area contributed by atoms with Gasteiger partial charge in [-0.15, -0.1) is 0 Å². The summed E-state index contributed by atoms with van der Waals surface area (Å²) in [5.74, 6) is 4.18. The molecule has 1 spiro atoms. The van der Waals surface area contributed by atoms with E-state index in [4.69, 9.17) is 0 Å². The standard InChI is InChI=1S/C13H16/c1-2-6-10-9(5-1)13(10)11-7-3-4-8-12(11)13/h1,3,5,7,9-12H,2,4,6,8H2. The zero-order valence-corrected chi connectivity index (χ0v) is 7.95. The van der Waals surface area contributed by atoms with Crippen molar-refractivity contribution in [2.24, 2.45) is 29.1 Å². The average molecular weight is 172 g/mol. The third kappa shape index (κ3) is 0.600. The van der Waals surface area contributed by atoms with Gasteiger partial charge >= 0.3 is 0 Å². The molecule has 0 heteroatoms. The van der Waals surface area contributed by atoms with E-state index < -0.39 is 0 Å². The summed E-state index contributed by atoms with van der Waals surface area (Å²) in [7, 11) is 0. The Bertz CT molecular complexity index is 278. The molecule has 4 unspecified atom stereocenters. The number of hydrogen-bond donors (Lipinski definition) is 0. The summed E-state index contributed by atoms with van der Waals surface area (Å²) in [6.45, 7) is 0. The Kier molecular flexibility index (Phi) is 1.03. The Morgan fingerprint density at radius 2 is 1.38 bits per heavy atom. The van der Waals surface area contributed by atoms with Crippen LogP contribution in [0, 0.1) is 29.1 Å². The molecule has 0 N–H and O–H groups in total. The SMILES string of the molecule is C1=CC2C(CC1)C21C2C=CCCC21. The van der Waals surface area contributed by atoms with Crippen molar-refractivity contribution in [1.29, 1.82) is 0 Å². The second kappa shape index (κ2) is 1.94. The van der Waals surface area contributed by atoms with Crippen LogP contribution in [-0.4, -0.2) is 0 Å². The monoisotopic (exact) mass is 172 g/mol. The zero-order valence-electron chi connectivity index (χ0n) is 7.95. The molecule has 0 aromatic carbocycles. The molecular formula is C13H16. The largest absolute Gasteiger partial charge is 0.0882 e. The molecule has 4 atom stereocenters. The molecule has 0 aliphatic heterocycles. The molecule has 4 aliphatic rings. The lowest BCUT2D eigenvalue weighted by molar-refractivity contribution is 0.577. The van der Waals surface area contributed by atoms with E-state index in [0.29, 0.717) is 0 Å². The molecule has 4 aliphatic carbocycles. The van der Waals surface area contributed by atoms with Crippen molar-refractivity contribution < 1.29 is 0 Å². The van der Waals surface area contributed by atoms with Gasteiger partial charge in [-0.25, -0.2) is 0 Å². The molecule has 0 heterocycles. The highest BCUT2D eigenvalue weighted by molar-refractivity contribution is 5.38. The lowest BCUT2D eigenvalue weighted by Crippen LogP contribution is -1.85. The van der Waals surface area contributed by atoms with Crippen LogP contribution >= 0.6 is 0 Å². The van der Waals surface area contributed by atoms with Crippen LogP contribution in [0.25, 0.3) is 0 Å². The van der Waals surface area contributed by atoms with Gasteiger partial charge in [-0.1, -0.05) is 24.3 Å². The van der Waals surface area contributed by atoms with E-state index in [1.54, 1.807) is 0 Å². The van der Waals surface area contributed by atoms with Crippen LogP contribution in [-0.2, 0) is 0 Å². The fourth-order valence-electron chi connectivity index (χ4n) is 4.56. The van der Waals surface area contributed by atoms with Crippen LogP contribution in [0.2, 0.25) is 0 Å². The van der Waals surface area contributed by atoms with E-state index in [-0.39, 0.29) is 0 Å². The molecule has 0 radical (unpaired) electrons. The lowest BCUT2D eigenvalue weighted by Gasteiger charge is -1.97. The van der Waals surface area contributed by atoms with Crippen molar-refractivity contribution in [3.8, 4) is 0 Å². The van der Waals surface area contributed by atoms with Gasteiger partial charge in [-0.05, 0) is 54.8 Å². The summed E-state index contributed by atoms with van der Waals surface area (Å²) in [4.78, 5) is 0. The second-order valence-corrected chi connectivity index (χ2v) is 5.28. The molecule has 0 aromatic heterocycles. The summed E-state index contributed by atoms with van der Waals surface area (Å²) in [5, 5.41) is 0. The van der Waals surface area contributed by atoms with Crippen molar-refractivity contribution in [2.75, 3.05) is 0 Å². The van der Waals surface area contributed by atoms with Crippen LogP contribution < -0.4 is 0 Å². The van der Waals surface area contributed by atoms with Gasteiger partial charge in [0.2, 0.25) is 0 Å². The molecule has 0 nitrogen and oxygen atoms in total. The third-order valence-electron chi connectivity index (χ3n) is 5.06. The average Bonchev–Trinajstić information content (AvgIpc) is 3.06. The first-order valence-corrected chi connectivity index (χ1v) is 5.79. The minimum Gasteiger partial charge on any atom is -0.0882 e. The first kappa shape index (κ1) is 6.86. The van der Waals surface area contributed by atoms with Crippen molar-refractivity contribution in [3.63, 3.8) is 0 Å². The summed E-state index contributed by atoms with van der Waals surface area (Å²) in [6.07, 6.45) is 15.6. The maximum atomic E-state index is 2.53. The summed E-state index contributed by atoms with van der Waals surface area (Å²) in [5.41, 5.74) is 0.819. The molecule has 0 amide bonds. The van der Waals surface area contributed by atoms with Gasteiger partial charge in [0.15, 0.2) is 0 Å². The van der Waals surface area contributed by atoms with Crippen LogP contribution in [0.1, 0.15) is 25.7 Å². The zero-order chi connectivity index (χ0) is 8.47. The Hall–Kier alpha value is -0.520. The smallest absolute Gasteiger partial charge is 0.00977 e. The lowest BCUT2D eigenvalue weighted by atomic mass is 10.1. The van der Waals surface area contributed by atoms with Crippen LogP contribution in [0.3, 0.4) is 0 Å². The van der Waals surface area contributed by atoms with Crippen LogP contribution in [0.15, 0.2) is 24.3 Å². The van der Waals surface area contributed by atoms with E-state index in [9.17, 15) is 0 Å². The molecule has 68 valence electrons. The maximum absolute atomic E-state index is 2.53. The molecule has 4 rings (SSSR count). The number of fused-ring (bicyclic) bond motifs is 6. The Balaban J connectivity index is 1.71. The quantitative estimate of drug-likeness (QED) is 0.492. The third-order valence-corrected chi connectivity index (χ3v) is 5.06. The van der Waals surface area contributed by atoms with Gasteiger partial charge in [-0.2, -0.15) is 0 Å². The highest BCUT2D eigenvalue weighted by Crippen LogP contribution is 2.85. The predicted molar refractivity (Wildman–Crippen MR) is 53.1 cm³/mol. The van der Waals surface area contributed by atoms with Gasteiger partial charge in [0.1, 0.15) is 0 Å². The molecule has 2 fully saturated rings. The van der Waals surface area contributed by atoms with Crippen LogP contribution in [0.4, 0.5) is 0 Å². The normalized spacial score (nSPS) is 60.3. The summed E-state index contributed by atoms with van der Waals surface area (Å²) < 4.78 is 0. The van der Waals surface area contributed by atoms with Gasteiger partial charge in [0.05, 0.1) is 0 Å². The highest BCUT2D eigenvalue weighted by Gasteiger charge is 2.81. The fourth-order valence-corrected chi connectivity index (χ4v) is 4.56. The van der Waals surface area contributed by atoms with E-state index in [2.05, 4.69) is 24.3 Å². The Morgan fingerprint density at radius 3 is 1.77 bits per heavy atom. The van der Waals surface area contributed by atoms with E-state index in [1.807, 2.05) is 0 Å². The predicted octanol–water partition coefficient (Wildman–Crippen LogP) is 3.16. The number of hydrogen-bond acceptors (Lipinski definition) is 0. The molecule has 0 aromatic rings. The summed E-state index contributed by atoms with van der Waals surface area (Å²) >= 11 is 0. The van der Waals surface area contributed by atoms with Crippen molar-refractivity contribution >= 4 is 0 Å². The molecule has 0 saturated heterocycles. The summed E-state index contributed by atoms with van der Waals surface area (Å²) in [6, 6.07) is 0. The van der Waals surface area contributed by atoms with Crippen molar-refractivity contribution in [2.45, 2.75) is 25.7 Å². The Labute approximate surface area is 79.7 Å².